The van der Waals surface area contributed by atoms with E-state index in [9.17, 15) is 4.79 Å². The van der Waals surface area contributed by atoms with Gasteiger partial charge >= 0.3 is 0 Å². The Kier molecular flexibility index (Phi) is 5.59. The van der Waals surface area contributed by atoms with E-state index >= 15 is 0 Å². The second-order valence-electron chi connectivity index (χ2n) is 4.60. The van der Waals surface area contributed by atoms with Gasteiger partial charge in [0.15, 0.2) is 0 Å². The van der Waals surface area contributed by atoms with Gasteiger partial charge in [0.05, 0.1) is 0 Å². The summed E-state index contributed by atoms with van der Waals surface area (Å²) in [5.41, 5.74) is 2.36. The summed E-state index contributed by atoms with van der Waals surface area (Å²) < 4.78 is 0. The van der Waals surface area contributed by atoms with Gasteiger partial charge in [-0.05, 0) is 17.5 Å². The molecule has 0 aliphatic rings. The average molecular weight is 265 g/mol. The van der Waals surface area contributed by atoms with Crippen LogP contribution in [0.2, 0.25) is 0 Å². The largest absolute Gasteiger partial charge is 0.356 e. The van der Waals surface area contributed by atoms with E-state index < -0.39 is 0 Å². The van der Waals surface area contributed by atoms with E-state index in [1.807, 2.05) is 60.7 Å². The van der Waals surface area contributed by atoms with Crippen molar-refractivity contribution in [2.24, 2.45) is 0 Å². The van der Waals surface area contributed by atoms with Gasteiger partial charge in [0, 0.05) is 13.0 Å². The van der Waals surface area contributed by atoms with Crippen LogP contribution in [0.5, 0.6) is 0 Å². The van der Waals surface area contributed by atoms with Crippen molar-refractivity contribution in [1.29, 1.82) is 0 Å². The molecule has 2 heteroatoms. The molecule has 1 N–H and O–H groups in total. The van der Waals surface area contributed by atoms with E-state index in [4.69, 9.17) is 0 Å². The quantitative estimate of drug-likeness (QED) is 0.851. The van der Waals surface area contributed by atoms with Gasteiger partial charge < -0.3 is 5.32 Å². The molecule has 20 heavy (non-hydrogen) atoms. The molecule has 1 amide bonds. The lowest BCUT2D eigenvalue weighted by atomic mass is 10.1. The van der Waals surface area contributed by atoms with Gasteiger partial charge in [0.2, 0.25) is 5.91 Å². The van der Waals surface area contributed by atoms with Gasteiger partial charge in [0.25, 0.3) is 0 Å². The third kappa shape index (κ3) is 5.11. The molecule has 0 atom stereocenters. The molecule has 0 spiro atoms. The summed E-state index contributed by atoms with van der Waals surface area (Å²) in [5, 5.41) is 2.93. The van der Waals surface area contributed by atoms with Crippen LogP contribution in [0, 0.1) is 0 Å². The summed E-state index contributed by atoms with van der Waals surface area (Å²) in [6.45, 7) is 0.683. The van der Waals surface area contributed by atoms with Crippen molar-refractivity contribution in [2.45, 2.75) is 12.8 Å². The number of hydrogen-bond acceptors (Lipinski definition) is 1. The van der Waals surface area contributed by atoms with Gasteiger partial charge in [-0.15, -0.1) is 0 Å². The third-order valence-electron chi connectivity index (χ3n) is 2.99. The highest BCUT2D eigenvalue weighted by Crippen LogP contribution is 2.02. The van der Waals surface area contributed by atoms with E-state index in [2.05, 4.69) is 17.4 Å². The summed E-state index contributed by atoms with van der Waals surface area (Å²) in [6, 6.07) is 20.2. The minimum Gasteiger partial charge on any atom is -0.356 e. The van der Waals surface area contributed by atoms with E-state index in [0.29, 0.717) is 13.0 Å². The summed E-state index contributed by atoms with van der Waals surface area (Å²) >= 11 is 0. The van der Waals surface area contributed by atoms with E-state index in [0.717, 1.165) is 12.0 Å². The van der Waals surface area contributed by atoms with Crippen molar-refractivity contribution in [2.75, 3.05) is 6.54 Å². The smallest absolute Gasteiger partial charge is 0.223 e. The van der Waals surface area contributed by atoms with Crippen molar-refractivity contribution in [3.63, 3.8) is 0 Å². The lowest BCUT2D eigenvalue weighted by Crippen LogP contribution is -2.24. The van der Waals surface area contributed by atoms with Crippen LogP contribution in [0.1, 0.15) is 17.5 Å². The highest BCUT2D eigenvalue weighted by molar-refractivity contribution is 5.78. The Hall–Kier alpha value is -2.35. The molecular weight excluding hydrogens is 246 g/mol. The lowest BCUT2D eigenvalue weighted by Gasteiger charge is -2.03. The van der Waals surface area contributed by atoms with E-state index in [1.165, 1.54) is 5.56 Å². The summed E-state index contributed by atoms with van der Waals surface area (Å²) in [6.07, 6.45) is 5.16. The van der Waals surface area contributed by atoms with Crippen molar-refractivity contribution in [3.05, 3.63) is 77.9 Å². The third-order valence-corrected chi connectivity index (χ3v) is 2.99. The highest BCUT2D eigenvalue weighted by atomic mass is 16.1. The van der Waals surface area contributed by atoms with Gasteiger partial charge in [-0.2, -0.15) is 0 Å². The molecule has 0 aromatic heterocycles. The Balaban J connectivity index is 1.67. The molecule has 2 nitrogen and oxygen atoms in total. The molecule has 0 heterocycles. The predicted molar refractivity (Wildman–Crippen MR) is 83.2 cm³/mol. The maximum atomic E-state index is 11.7. The molecule has 0 aliphatic carbocycles. The maximum absolute atomic E-state index is 11.7. The predicted octanol–water partition coefficient (Wildman–Crippen LogP) is 3.45. The molecule has 2 rings (SSSR count). The van der Waals surface area contributed by atoms with Crippen LogP contribution < -0.4 is 5.32 Å². The van der Waals surface area contributed by atoms with Crippen molar-refractivity contribution in [1.82, 2.24) is 5.32 Å². The molecule has 2 aromatic rings. The lowest BCUT2D eigenvalue weighted by molar-refractivity contribution is -0.120. The minimum atomic E-state index is 0.0631. The van der Waals surface area contributed by atoms with Crippen LogP contribution in [0.3, 0.4) is 0 Å². The SMILES string of the molecule is O=C(C/C=C/c1ccccc1)NCCc1ccccc1. The Morgan fingerprint density at radius 3 is 2.30 bits per heavy atom. The maximum Gasteiger partial charge on any atom is 0.223 e. The molecular formula is C18H19NO. The van der Waals surface area contributed by atoms with Crippen LogP contribution in [0.15, 0.2) is 66.7 Å². The summed E-state index contributed by atoms with van der Waals surface area (Å²) in [4.78, 5) is 11.7. The standard InChI is InChI=1S/C18H19NO/c20-18(13-7-12-16-8-3-1-4-9-16)19-15-14-17-10-5-2-6-11-17/h1-12H,13-15H2,(H,19,20)/b12-7+. The molecule has 0 fully saturated rings. The van der Waals surface area contributed by atoms with Gasteiger partial charge in [-0.1, -0.05) is 72.8 Å². The molecule has 102 valence electrons. The van der Waals surface area contributed by atoms with Crippen LogP contribution >= 0.6 is 0 Å². The molecule has 0 saturated heterocycles. The Bertz CT molecular complexity index is 546. The van der Waals surface area contributed by atoms with Crippen molar-refractivity contribution >= 4 is 12.0 Å². The zero-order chi connectivity index (χ0) is 14.0. The fourth-order valence-corrected chi connectivity index (χ4v) is 1.93. The zero-order valence-electron chi connectivity index (χ0n) is 11.5. The molecule has 0 radical (unpaired) electrons. The molecule has 0 bridgehead atoms. The van der Waals surface area contributed by atoms with Crippen LogP contribution in [-0.4, -0.2) is 12.5 Å². The number of benzene rings is 2. The molecule has 0 unspecified atom stereocenters. The van der Waals surface area contributed by atoms with Crippen LogP contribution in [-0.2, 0) is 11.2 Å². The normalized spacial score (nSPS) is 10.6. The van der Waals surface area contributed by atoms with Crippen LogP contribution in [0.25, 0.3) is 6.08 Å². The average Bonchev–Trinajstić information content (AvgIpc) is 2.49. The Labute approximate surface area is 120 Å². The fraction of sp³-hybridized carbons (Fsp3) is 0.167. The summed E-state index contributed by atoms with van der Waals surface area (Å²) in [7, 11) is 0. The first-order valence-electron chi connectivity index (χ1n) is 6.87. The molecule has 0 aliphatic heterocycles. The number of amides is 1. The van der Waals surface area contributed by atoms with Gasteiger partial charge in [-0.25, -0.2) is 0 Å². The highest BCUT2D eigenvalue weighted by Gasteiger charge is 1.97. The first-order valence-corrected chi connectivity index (χ1v) is 6.87. The number of rotatable bonds is 6. The van der Waals surface area contributed by atoms with Crippen molar-refractivity contribution < 1.29 is 4.79 Å². The topological polar surface area (TPSA) is 29.1 Å². The second-order valence-corrected chi connectivity index (χ2v) is 4.60. The Morgan fingerprint density at radius 2 is 1.60 bits per heavy atom. The van der Waals surface area contributed by atoms with Crippen molar-refractivity contribution in [3.8, 4) is 0 Å². The Morgan fingerprint density at radius 1 is 0.950 bits per heavy atom. The zero-order valence-corrected chi connectivity index (χ0v) is 11.5. The van der Waals surface area contributed by atoms with Gasteiger partial charge in [-0.3, -0.25) is 4.79 Å². The monoisotopic (exact) mass is 265 g/mol. The van der Waals surface area contributed by atoms with E-state index in [-0.39, 0.29) is 5.91 Å². The number of carbonyl (C=O) groups excluding carboxylic acids is 1. The molecule has 0 saturated carbocycles. The van der Waals surface area contributed by atoms with E-state index in [1.54, 1.807) is 0 Å². The number of nitrogens with one attached hydrogen (secondary N) is 1. The number of hydrogen-bond donors (Lipinski definition) is 1. The number of carbonyl (C=O) groups is 1. The minimum absolute atomic E-state index is 0.0631. The first-order chi connectivity index (χ1) is 9.84. The summed E-state index contributed by atoms with van der Waals surface area (Å²) in [5.74, 6) is 0.0631. The van der Waals surface area contributed by atoms with Crippen LogP contribution in [0.4, 0.5) is 0 Å². The first kappa shape index (κ1) is 14.1. The van der Waals surface area contributed by atoms with Gasteiger partial charge in [0.1, 0.15) is 0 Å². The fourth-order valence-electron chi connectivity index (χ4n) is 1.93. The molecule has 2 aromatic carbocycles. The second kappa shape index (κ2) is 7.95.